The minimum absolute atomic E-state index is 0.215. The summed E-state index contributed by atoms with van der Waals surface area (Å²) in [5.74, 6) is -2.22. The zero-order valence-electron chi connectivity index (χ0n) is 12.3. The molecule has 0 bridgehead atoms. The highest BCUT2D eigenvalue weighted by molar-refractivity contribution is 7.91. The van der Waals surface area contributed by atoms with E-state index < -0.39 is 39.9 Å². The minimum atomic E-state index is -1.94. The molecule has 11 heteroatoms. The maximum Gasteiger partial charge on any atom is 0.422 e. The molecule has 2 amide bonds. The summed E-state index contributed by atoms with van der Waals surface area (Å²) in [6.45, 7) is 5.01. The molecular weight excluding hydrogens is 353 g/mol. The third kappa shape index (κ3) is 4.78. The first-order valence-corrected chi connectivity index (χ1v) is 7.51. The predicted molar refractivity (Wildman–Crippen MR) is 83.2 cm³/mol. The Kier molecular flexibility index (Phi) is 5.92. The summed E-state index contributed by atoms with van der Waals surface area (Å²) in [6.07, 6.45) is -2.91. The Morgan fingerprint density at radius 1 is 1.43 bits per heavy atom. The van der Waals surface area contributed by atoms with Crippen molar-refractivity contribution in [3.63, 3.8) is 0 Å². The van der Waals surface area contributed by atoms with Crippen molar-refractivity contribution in [2.45, 2.75) is 25.5 Å². The Hall–Kier alpha value is -1.91. The summed E-state index contributed by atoms with van der Waals surface area (Å²) in [6, 6.07) is 0.699. The maximum atomic E-state index is 13.8. The van der Waals surface area contributed by atoms with Gasteiger partial charge in [-0.1, -0.05) is 16.0 Å². The van der Waals surface area contributed by atoms with E-state index in [0.717, 1.165) is 6.21 Å². The topological polar surface area (TPSA) is 126 Å². The first-order chi connectivity index (χ1) is 10.4. The summed E-state index contributed by atoms with van der Waals surface area (Å²) in [4.78, 5) is 25.1. The van der Waals surface area contributed by atoms with Gasteiger partial charge in [0.25, 0.3) is 0 Å². The molecule has 1 heterocycles. The largest absolute Gasteiger partial charge is 0.591 e. The molecule has 1 atom stereocenters. The van der Waals surface area contributed by atoms with Crippen LogP contribution < -0.4 is 4.90 Å². The Labute approximate surface area is 138 Å². The van der Waals surface area contributed by atoms with E-state index in [1.807, 2.05) is 0 Å². The SMILES string of the molecule is CC(C)(C)[S@+]([O-])N=Cc1nc(N(C(=O)O)C(=O)O)c(F)cc1Cl. The van der Waals surface area contributed by atoms with Crippen molar-refractivity contribution < 1.29 is 28.7 Å². The van der Waals surface area contributed by atoms with Crippen LogP contribution in [0.5, 0.6) is 0 Å². The van der Waals surface area contributed by atoms with Crippen LogP contribution in [0.3, 0.4) is 0 Å². The number of amides is 2. The van der Waals surface area contributed by atoms with Crippen LogP contribution in [0.4, 0.5) is 19.8 Å². The second-order valence-electron chi connectivity index (χ2n) is 5.16. The molecule has 0 saturated heterocycles. The number of rotatable bonds is 3. The molecule has 0 aromatic carbocycles. The summed E-state index contributed by atoms with van der Waals surface area (Å²) < 4.78 is 28.6. The Morgan fingerprint density at radius 2 is 1.96 bits per heavy atom. The third-order valence-corrected chi connectivity index (χ3v) is 3.97. The van der Waals surface area contributed by atoms with Crippen LogP contribution in [-0.2, 0) is 11.4 Å². The van der Waals surface area contributed by atoms with Crippen molar-refractivity contribution in [2.75, 3.05) is 4.90 Å². The zero-order valence-corrected chi connectivity index (χ0v) is 13.9. The monoisotopic (exact) mass is 365 g/mol. The number of nitrogens with zero attached hydrogens (tertiary/aromatic N) is 3. The van der Waals surface area contributed by atoms with Crippen molar-refractivity contribution in [3.05, 3.63) is 22.6 Å². The molecule has 0 radical (unpaired) electrons. The van der Waals surface area contributed by atoms with Crippen molar-refractivity contribution in [3.8, 4) is 0 Å². The fourth-order valence-corrected chi connectivity index (χ4v) is 1.94. The Morgan fingerprint density at radius 3 is 2.39 bits per heavy atom. The van der Waals surface area contributed by atoms with Gasteiger partial charge in [0.15, 0.2) is 11.6 Å². The van der Waals surface area contributed by atoms with Gasteiger partial charge in [0.1, 0.15) is 28.0 Å². The molecule has 1 aromatic rings. The van der Waals surface area contributed by atoms with Gasteiger partial charge >= 0.3 is 12.2 Å². The lowest BCUT2D eigenvalue weighted by Gasteiger charge is -2.18. The average molecular weight is 366 g/mol. The Bertz CT molecular complexity index is 651. The van der Waals surface area contributed by atoms with Crippen LogP contribution in [0, 0.1) is 5.82 Å². The number of hydrogen-bond donors (Lipinski definition) is 2. The van der Waals surface area contributed by atoms with Gasteiger partial charge in [-0.3, -0.25) is 0 Å². The fraction of sp³-hybridized carbons (Fsp3) is 0.333. The first kappa shape index (κ1) is 19.1. The highest BCUT2D eigenvalue weighted by Gasteiger charge is 2.29. The second kappa shape index (κ2) is 7.11. The molecule has 8 nitrogen and oxygen atoms in total. The van der Waals surface area contributed by atoms with Crippen LogP contribution in [-0.4, -0.2) is 42.9 Å². The lowest BCUT2D eigenvalue weighted by Crippen LogP contribution is -2.36. The van der Waals surface area contributed by atoms with Crippen molar-refractivity contribution in [2.24, 2.45) is 4.40 Å². The van der Waals surface area contributed by atoms with E-state index in [-0.39, 0.29) is 15.6 Å². The molecule has 0 saturated carbocycles. The number of anilines is 1. The number of aromatic nitrogens is 1. The summed E-state index contributed by atoms with van der Waals surface area (Å²) in [5, 5.41) is 17.4. The molecule has 0 aliphatic carbocycles. The molecule has 0 unspecified atom stereocenters. The highest BCUT2D eigenvalue weighted by atomic mass is 35.5. The van der Waals surface area contributed by atoms with E-state index in [4.69, 9.17) is 21.8 Å². The highest BCUT2D eigenvalue weighted by Crippen LogP contribution is 2.24. The van der Waals surface area contributed by atoms with Gasteiger partial charge in [-0.2, -0.15) is 4.90 Å². The first-order valence-electron chi connectivity index (χ1n) is 6.03. The minimum Gasteiger partial charge on any atom is -0.591 e. The number of carboxylic acid groups (broad SMARTS) is 2. The number of halogens is 2. The van der Waals surface area contributed by atoms with E-state index in [2.05, 4.69) is 9.38 Å². The van der Waals surface area contributed by atoms with E-state index in [9.17, 15) is 18.5 Å². The van der Waals surface area contributed by atoms with Crippen LogP contribution in [0.2, 0.25) is 5.02 Å². The molecule has 0 aliphatic rings. The van der Waals surface area contributed by atoms with Gasteiger partial charge in [-0.05, 0) is 26.8 Å². The lowest BCUT2D eigenvalue weighted by molar-refractivity contribution is 0.183. The van der Waals surface area contributed by atoms with E-state index in [0.29, 0.717) is 6.07 Å². The molecule has 1 aromatic heterocycles. The molecule has 2 N–H and O–H groups in total. The normalized spacial score (nSPS) is 13.1. The number of carbonyl (C=O) groups is 2. The van der Waals surface area contributed by atoms with Crippen LogP contribution in [0.25, 0.3) is 0 Å². The molecule has 23 heavy (non-hydrogen) atoms. The van der Waals surface area contributed by atoms with E-state index in [1.54, 1.807) is 20.8 Å². The van der Waals surface area contributed by atoms with Gasteiger partial charge in [0.2, 0.25) is 0 Å². The van der Waals surface area contributed by atoms with Crippen molar-refractivity contribution >= 4 is 47.2 Å². The lowest BCUT2D eigenvalue weighted by atomic mass is 10.3. The summed E-state index contributed by atoms with van der Waals surface area (Å²) >= 11 is 4.10. The Balaban J connectivity index is 3.32. The molecule has 0 aliphatic heterocycles. The molecule has 0 fully saturated rings. The van der Waals surface area contributed by atoms with E-state index >= 15 is 0 Å². The van der Waals surface area contributed by atoms with Crippen molar-refractivity contribution in [1.82, 2.24) is 4.98 Å². The van der Waals surface area contributed by atoms with Gasteiger partial charge < -0.3 is 14.8 Å². The predicted octanol–water partition coefficient (Wildman–Crippen LogP) is 2.92. The number of pyridine rings is 1. The number of imide groups is 1. The molecule has 1 rings (SSSR count). The maximum absolute atomic E-state index is 13.8. The van der Waals surface area contributed by atoms with Gasteiger partial charge in [0.05, 0.1) is 5.02 Å². The molecule has 0 spiro atoms. The quantitative estimate of drug-likeness (QED) is 0.626. The fourth-order valence-electron chi connectivity index (χ4n) is 1.24. The second-order valence-corrected chi connectivity index (χ2v) is 7.50. The molecular formula is C12H13ClFN3O5S. The standard InChI is InChI=1S/C12H13ClFN3O5S/c1-12(2,3)23(22)15-5-8-6(13)4-7(14)9(16-8)17(10(18)19)11(20)21/h4-5H,1-3H3,(H,18,19)(H,20,21)/t23-/m0/s1. The zero-order chi connectivity index (χ0) is 17.9. The van der Waals surface area contributed by atoms with Crippen LogP contribution in [0.15, 0.2) is 10.5 Å². The van der Waals surface area contributed by atoms with Crippen LogP contribution >= 0.6 is 11.6 Å². The van der Waals surface area contributed by atoms with Crippen LogP contribution in [0.1, 0.15) is 26.5 Å². The van der Waals surface area contributed by atoms with Gasteiger partial charge in [-0.15, -0.1) is 0 Å². The van der Waals surface area contributed by atoms with Gasteiger partial charge in [-0.25, -0.2) is 19.0 Å². The smallest absolute Gasteiger partial charge is 0.422 e. The van der Waals surface area contributed by atoms with Gasteiger partial charge in [0, 0.05) is 0 Å². The van der Waals surface area contributed by atoms with Crippen molar-refractivity contribution in [1.29, 1.82) is 0 Å². The summed E-state index contributed by atoms with van der Waals surface area (Å²) in [5.41, 5.74) is -0.215. The van der Waals surface area contributed by atoms with E-state index in [1.165, 1.54) is 0 Å². The average Bonchev–Trinajstić information content (AvgIpc) is 2.37. The number of hydrogen-bond acceptors (Lipinski definition) is 5. The summed E-state index contributed by atoms with van der Waals surface area (Å²) in [7, 11) is 0. The molecule has 126 valence electrons. The third-order valence-electron chi connectivity index (χ3n) is 2.33.